The van der Waals surface area contributed by atoms with Crippen molar-refractivity contribution in [1.29, 1.82) is 0 Å². The first-order chi connectivity index (χ1) is 6.99. The van der Waals surface area contributed by atoms with Crippen LogP contribution in [-0.4, -0.2) is 10.2 Å². The SMILES string of the molecule is CC(C)=C/C=C(C)/C=C1\SC(=S)NC1=O. The molecule has 1 heterocycles. The van der Waals surface area contributed by atoms with Crippen molar-refractivity contribution in [2.24, 2.45) is 0 Å². The number of thioether (sulfide) groups is 1. The minimum Gasteiger partial charge on any atom is -0.307 e. The molecule has 1 saturated heterocycles. The molecule has 0 aromatic rings. The van der Waals surface area contributed by atoms with E-state index in [-0.39, 0.29) is 5.91 Å². The van der Waals surface area contributed by atoms with Crippen molar-refractivity contribution in [2.75, 3.05) is 0 Å². The van der Waals surface area contributed by atoms with Crippen LogP contribution >= 0.6 is 24.0 Å². The summed E-state index contributed by atoms with van der Waals surface area (Å²) in [6.07, 6.45) is 5.85. The number of hydrogen-bond donors (Lipinski definition) is 1. The summed E-state index contributed by atoms with van der Waals surface area (Å²) in [5, 5.41) is 2.58. The van der Waals surface area contributed by atoms with Gasteiger partial charge in [0, 0.05) is 0 Å². The maximum Gasteiger partial charge on any atom is 0.263 e. The van der Waals surface area contributed by atoms with Crippen molar-refractivity contribution in [2.45, 2.75) is 20.8 Å². The standard InChI is InChI=1S/C11H13NOS2/c1-7(2)4-5-8(3)6-9-10(13)12-11(14)15-9/h4-6H,1-3H3,(H,12,13,14)/b8-5+,9-6-. The molecule has 1 aliphatic rings. The summed E-state index contributed by atoms with van der Waals surface area (Å²) in [6.45, 7) is 6.02. The van der Waals surface area contributed by atoms with Gasteiger partial charge in [-0.1, -0.05) is 41.7 Å². The third-order valence-electron chi connectivity index (χ3n) is 1.68. The molecular formula is C11H13NOS2. The van der Waals surface area contributed by atoms with Gasteiger partial charge in [-0.25, -0.2) is 0 Å². The van der Waals surface area contributed by atoms with E-state index in [1.807, 2.05) is 39.0 Å². The van der Waals surface area contributed by atoms with Crippen molar-refractivity contribution < 1.29 is 4.79 Å². The van der Waals surface area contributed by atoms with Gasteiger partial charge in [0.1, 0.15) is 4.32 Å². The molecule has 0 spiro atoms. The second-order valence-electron chi connectivity index (χ2n) is 3.51. The largest absolute Gasteiger partial charge is 0.307 e. The topological polar surface area (TPSA) is 29.1 Å². The lowest BCUT2D eigenvalue weighted by Gasteiger charge is -1.92. The van der Waals surface area contributed by atoms with Gasteiger partial charge in [-0.2, -0.15) is 0 Å². The zero-order valence-corrected chi connectivity index (χ0v) is 10.6. The highest BCUT2D eigenvalue weighted by molar-refractivity contribution is 8.26. The van der Waals surface area contributed by atoms with Gasteiger partial charge in [0.2, 0.25) is 0 Å². The Morgan fingerprint density at radius 3 is 2.47 bits per heavy atom. The lowest BCUT2D eigenvalue weighted by Crippen LogP contribution is -2.17. The number of allylic oxidation sites excluding steroid dienone is 5. The van der Waals surface area contributed by atoms with Crippen LogP contribution in [0.15, 0.2) is 34.3 Å². The number of rotatable bonds is 2. The van der Waals surface area contributed by atoms with Crippen LogP contribution in [0.2, 0.25) is 0 Å². The highest BCUT2D eigenvalue weighted by Gasteiger charge is 2.21. The molecule has 0 unspecified atom stereocenters. The van der Waals surface area contributed by atoms with E-state index >= 15 is 0 Å². The molecule has 0 aromatic carbocycles. The van der Waals surface area contributed by atoms with E-state index < -0.39 is 0 Å². The average Bonchev–Trinajstić information content (AvgIpc) is 2.42. The van der Waals surface area contributed by atoms with Crippen molar-refractivity contribution in [3.63, 3.8) is 0 Å². The Hall–Kier alpha value is -0.870. The Kier molecular flexibility index (Phi) is 4.29. The lowest BCUT2D eigenvalue weighted by atomic mass is 10.2. The van der Waals surface area contributed by atoms with Crippen LogP contribution in [0.1, 0.15) is 20.8 Å². The van der Waals surface area contributed by atoms with Crippen LogP contribution in [0.4, 0.5) is 0 Å². The van der Waals surface area contributed by atoms with Crippen LogP contribution < -0.4 is 5.32 Å². The van der Waals surface area contributed by atoms with Gasteiger partial charge in [-0.05, 0) is 32.4 Å². The Labute approximate surface area is 99.5 Å². The summed E-state index contributed by atoms with van der Waals surface area (Å²) in [5.41, 5.74) is 2.27. The monoisotopic (exact) mass is 239 g/mol. The molecule has 0 aliphatic carbocycles. The number of hydrogen-bond acceptors (Lipinski definition) is 3. The summed E-state index contributed by atoms with van der Waals surface area (Å²) in [4.78, 5) is 12.0. The molecule has 80 valence electrons. The Morgan fingerprint density at radius 2 is 2.00 bits per heavy atom. The molecule has 1 aliphatic heterocycles. The predicted molar refractivity (Wildman–Crippen MR) is 69.6 cm³/mol. The minimum absolute atomic E-state index is 0.102. The number of thiocarbonyl (C=S) groups is 1. The second kappa shape index (κ2) is 5.28. The molecule has 15 heavy (non-hydrogen) atoms. The summed E-state index contributed by atoms with van der Waals surface area (Å²) >= 11 is 6.20. The molecule has 0 bridgehead atoms. The third-order valence-corrected chi connectivity index (χ3v) is 2.84. The fraction of sp³-hybridized carbons (Fsp3) is 0.273. The number of nitrogens with one attached hydrogen (secondary N) is 1. The summed E-state index contributed by atoms with van der Waals surface area (Å²) < 4.78 is 0.529. The van der Waals surface area contributed by atoms with E-state index in [9.17, 15) is 4.79 Å². The molecule has 0 radical (unpaired) electrons. The molecule has 1 amide bonds. The first kappa shape index (κ1) is 12.2. The summed E-state index contributed by atoms with van der Waals surface area (Å²) in [6, 6.07) is 0. The first-order valence-electron chi connectivity index (χ1n) is 4.55. The molecule has 0 aromatic heterocycles. The van der Waals surface area contributed by atoms with Crippen LogP contribution in [0.5, 0.6) is 0 Å². The van der Waals surface area contributed by atoms with Gasteiger partial charge in [0.25, 0.3) is 5.91 Å². The second-order valence-corrected chi connectivity index (χ2v) is 5.23. The van der Waals surface area contributed by atoms with Gasteiger partial charge in [-0.15, -0.1) is 0 Å². The maximum absolute atomic E-state index is 11.3. The molecule has 4 heteroatoms. The normalized spacial score (nSPS) is 19.4. The van der Waals surface area contributed by atoms with Gasteiger partial charge in [0.05, 0.1) is 4.91 Å². The van der Waals surface area contributed by atoms with Gasteiger partial charge in [0.15, 0.2) is 0 Å². The molecule has 1 N–H and O–H groups in total. The number of carbonyl (C=O) groups excluding carboxylic acids is 1. The third kappa shape index (κ3) is 4.01. The molecule has 1 rings (SSSR count). The van der Waals surface area contributed by atoms with Crippen LogP contribution in [0.3, 0.4) is 0 Å². The molecule has 2 nitrogen and oxygen atoms in total. The van der Waals surface area contributed by atoms with Crippen LogP contribution in [-0.2, 0) is 4.79 Å². The number of amides is 1. The Bertz CT molecular complexity index is 387. The van der Waals surface area contributed by atoms with Crippen molar-refractivity contribution in [3.05, 3.63) is 34.3 Å². The molecule has 1 fully saturated rings. The Balaban J connectivity index is 2.80. The lowest BCUT2D eigenvalue weighted by molar-refractivity contribution is -0.115. The zero-order chi connectivity index (χ0) is 11.4. The smallest absolute Gasteiger partial charge is 0.263 e. The number of carbonyl (C=O) groups is 1. The maximum atomic E-state index is 11.3. The van der Waals surface area contributed by atoms with Crippen molar-refractivity contribution in [1.82, 2.24) is 5.32 Å². The van der Waals surface area contributed by atoms with Crippen molar-refractivity contribution >= 4 is 34.2 Å². The fourth-order valence-electron chi connectivity index (χ4n) is 0.974. The van der Waals surface area contributed by atoms with Crippen LogP contribution in [0, 0.1) is 0 Å². The van der Waals surface area contributed by atoms with Gasteiger partial charge >= 0.3 is 0 Å². The quantitative estimate of drug-likeness (QED) is 0.456. The molecule has 0 atom stereocenters. The van der Waals surface area contributed by atoms with Crippen LogP contribution in [0.25, 0.3) is 0 Å². The van der Waals surface area contributed by atoms with E-state index in [0.717, 1.165) is 5.57 Å². The van der Waals surface area contributed by atoms with E-state index in [4.69, 9.17) is 12.2 Å². The summed E-state index contributed by atoms with van der Waals surface area (Å²) in [5.74, 6) is -0.102. The van der Waals surface area contributed by atoms with E-state index in [1.165, 1.54) is 17.3 Å². The zero-order valence-electron chi connectivity index (χ0n) is 8.96. The fourth-order valence-corrected chi connectivity index (χ4v) is 2.07. The highest BCUT2D eigenvalue weighted by Crippen LogP contribution is 2.24. The van der Waals surface area contributed by atoms with E-state index in [0.29, 0.717) is 9.23 Å². The van der Waals surface area contributed by atoms with E-state index in [2.05, 4.69) is 5.32 Å². The first-order valence-corrected chi connectivity index (χ1v) is 5.78. The predicted octanol–water partition coefficient (Wildman–Crippen LogP) is 2.93. The summed E-state index contributed by atoms with van der Waals surface area (Å²) in [7, 11) is 0. The minimum atomic E-state index is -0.102. The van der Waals surface area contributed by atoms with Gasteiger partial charge in [-0.3, -0.25) is 4.79 Å². The molecular weight excluding hydrogens is 226 g/mol. The molecule has 0 saturated carbocycles. The Morgan fingerprint density at radius 1 is 1.33 bits per heavy atom. The highest BCUT2D eigenvalue weighted by atomic mass is 32.2. The van der Waals surface area contributed by atoms with E-state index in [1.54, 1.807) is 0 Å². The average molecular weight is 239 g/mol. The van der Waals surface area contributed by atoms with Gasteiger partial charge < -0.3 is 5.32 Å². The van der Waals surface area contributed by atoms with Crippen molar-refractivity contribution in [3.8, 4) is 0 Å².